The first-order valence-corrected chi connectivity index (χ1v) is 7.62. The molecule has 0 unspecified atom stereocenters. The molecule has 0 aliphatic rings. The van der Waals surface area contributed by atoms with E-state index in [1.807, 2.05) is 0 Å². The van der Waals surface area contributed by atoms with Gasteiger partial charge in [-0.05, 0) is 23.9 Å². The number of hydrogen-bond donors (Lipinski definition) is 2. The van der Waals surface area contributed by atoms with Crippen molar-refractivity contribution >= 4 is 33.0 Å². The van der Waals surface area contributed by atoms with Gasteiger partial charge >= 0.3 is 5.97 Å². The molecular weight excluding hydrogens is 307 g/mol. The number of halogens is 1. The number of anilines is 1. The minimum Gasteiger partial charge on any atom is -0.477 e. The van der Waals surface area contributed by atoms with Crippen molar-refractivity contribution in [2.75, 3.05) is 4.72 Å². The van der Waals surface area contributed by atoms with Crippen LogP contribution in [0.5, 0.6) is 0 Å². The number of aromatic carboxylic acids is 1. The van der Waals surface area contributed by atoms with Crippen LogP contribution >= 0.6 is 11.3 Å². The highest BCUT2D eigenvalue weighted by atomic mass is 32.2. The predicted molar refractivity (Wildman–Crippen MR) is 71.0 cm³/mol. The zero-order valence-corrected chi connectivity index (χ0v) is 11.8. The largest absolute Gasteiger partial charge is 0.477 e. The van der Waals surface area contributed by atoms with Crippen LogP contribution in [0.15, 0.2) is 28.7 Å². The minimum atomic E-state index is -4.09. The highest BCUT2D eigenvalue weighted by Crippen LogP contribution is 2.29. The lowest BCUT2D eigenvalue weighted by molar-refractivity contribution is 0.0703. The summed E-state index contributed by atoms with van der Waals surface area (Å²) in [5.74, 6) is -2.04. The molecule has 0 radical (unpaired) electrons. The number of thiophene rings is 1. The number of hydrogen-bond acceptors (Lipinski definition) is 5. The lowest BCUT2D eigenvalue weighted by atomic mass is 10.3. The molecule has 0 atom stereocenters. The van der Waals surface area contributed by atoms with Crippen LogP contribution in [0.2, 0.25) is 0 Å². The van der Waals surface area contributed by atoms with Crippen LogP contribution in [-0.2, 0) is 10.0 Å². The second kappa shape index (κ2) is 5.17. The van der Waals surface area contributed by atoms with Crippen molar-refractivity contribution in [3.63, 3.8) is 0 Å². The zero-order valence-electron chi connectivity index (χ0n) is 10.1. The van der Waals surface area contributed by atoms with E-state index in [9.17, 15) is 17.6 Å². The van der Waals surface area contributed by atoms with Crippen molar-refractivity contribution in [3.05, 3.63) is 40.1 Å². The summed E-state index contributed by atoms with van der Waals surface area (Å²) in [6.45, 7) is 1.57. The molecule has 0 fully saturated rings. The Hall–Kier alpha value is -2.00. The molecule has 2 aromatic heterocycles. The third-order valence-electron chi connectivity index (χ3n) is 2.40. The lowest BCUT2D eigenvalue weighted by Crippen LogP contribution is -2.15. The van der Waals surface area contributed by atoms with Gasteiger partial charge in [0, 0.05) is 6.20 Å². The molecule has 0 aromatic carbocycles. The molecule has 9 heteroatoms. The Morgan fingerprint density at radius 3 is 2.75 bits per heavy atom. The van der Waals surface area contributed by atoms with E-state index in [0.717, 1.165) is 29.8 Å². The van der Waals surface area contributed by atoms with Crippen LogP contribution in [0.4, 0.5) is 10.1 Å². The Morgan fingerprint density at radius 2 is 2.15 bits per heavy atom. The molecule has 0 saturated carbocycles. The van der Waals surface area contributed by atoms with Crippen LogP contribution in [0.1, 0.15) is 15.2 Å². The molecule has 2 heterocycles. The number of pyridine rings is 1. The first-order valence-electron chi connectivity index (χ1n) is 5.26. The van der Waals surface area contributed by atoms with Gasteiger partial charge in [0.2, 0.25) is 0 Å². The molecule has 0 saturated heterocycles. The van der Waals surface area contributed by atoms with Crippen LogP contribution in [-0.4, -0.2) is 24.5 Å². The molecule has 20 heavy (non-hydrogen) atoms. The summed E-state index contributed by atoms with van der Waals surface area (Å²) in [5.41, 5.74) is 0.451. The van der Waals surface area contributed by atoms with Gasteiger partial charge in [0.1, 0.15) is 15.6 Å². The van der Waals surface area contributed by atoms with Crippen molar-refractivity contribution in [2.45, 2.75) is 11.8 Å². The second-order valence-electron chi connectivity index (χ2n) is 3.87. The summed E-state index contributed by atoms with van der Waals surface area (Å²) in [7, 11) is -4.09. The highest BCUT2D eigenvalue weighted by molar-refractivity contribution is 7.92. The number of sulfonamides is 1. The topological polar surface area (TPSA) is 96.4 Å². The van der Waals surface area contributed by atoms with Gasteiger partial charge in [-0.1, -0.05) is 0 Å². The standard InChI is InChI=1S/C11H9FN2O4S2/c1-6-5-19-10(11(15)16)9(6)14-20(17,18)8-2-7(12)3-13-4-8/h2-5,14H,1H3,(H,15,16). The maximum absolute atomic E-state index is 13.0. The van der Waals surface area contributed by atoms with Gasteiger partial charge in [-0.3, -0.25) is 9.71 Å². The molecule has 2 rings (SSSR count). The van der Waals surface area contributed by atoms with Crippen molar-refractivity contribution in [1.82, 2.24) is 4.98 Å². The zero-order chi connectivity index (χ0) is 14.9. The molecule has 0 aliphatic carbocycles. The quantitative estimate of drug-likeness (QED) is 0.900. The maximum Gasteiger partial charge on any atom is 0.348 e. The molecule has 2 aromatic rings. The molecule has 2 N–H and O–H groups in total. The fourth-order valence-electron chi connectivity index (χ4n) is 1.46. The Balaban J connectivity index is 2.44. The Kier molecular flexibility index (Phi) is 3.73. The van der Waals surface area contributed by atoms with Gasteiger partial charge in [-0.15, -0.1) is 11.3 Å². The predicted octanol–water partition coefficient (Wildman–Crippen LogP) is 2.09. The minimum absolute atomic E-state index is 0.0215. The summed E-state index contributed by atoms with van der Waals surface area (Å²) < 4.78 is 39.3. The SMILES string of the molecule is Cc1csc(C(=O)O)c1NS(=O)(=O)c1cncc(F)c1. The molecule has 0 spiro atoms. The van der Waals surface area contributed by atoms with Gasteiger partial charge in [0.25, 0.3) is 10.0 Å². The summed E-state index contributed by atoms with van der Waals surface area (Å²) in [5, 5.41) is 10.5. The van der Waals surface area contributed by atoms with Crippen molar-refractivity contribution in [1.29, 1.82) is 0 Å². The first kappa shape index (κ1) is 14.4. The number of nitrogens with one attached hydrogen (secondary N) is 1. The fourth-order valence-corrected chi connectivity index (χ4v) is 3.49. The Labute approximate surface area is 118 Å². The summed E-state index contributed by atoms with van der Waals surface area (Å²) in [6.07, 6.45) is 1.85. The molecular formula is C11H9FN2O4S2. The third kappa shape index (κ3) is 2.78. The monoisotopic (exact) mass is 316 g/mol. The van der Waals surface area contributed by atoms with Gasteiger partial charge in [0.05, 0.1) is 11.9 Å². The first-order chi connectivity index (χ1) is 9.31. The number of carbonyl (C=O) groups is 1. The van der Waals surface area contributed by atoms with Crippen molar-refractivity contribution < 1.29 is 22.7 Å². The fraction of sp³-hybridized carbons (Fsp3) is 0.0909. The van der Waals surface area contributed by atoms with E-state index in [1.54, 1.807) is 6.92 Å². The molecule has 0 aliphatic heterocycles. The summed E-state index contributed by atoms with van der Waals surface area (Å²) >= 11 is 0.907. The van der Waals surface area contributed by atoms with E-state index in [0.29, 0.717) is 5.56 Å². The smallest absolute Gasteiger partial charge is 0.348 e. The van der Waals surface area contributed by atoms with E-state index < -0.39 is 21.8 Å². The summed E-state index contributed by atoms with van der Waals surface area (Å²) in [4.78, 5) is 14.0. The Morgan fingerprint density at radius 1 is 1.45 bits per heavy atom. The van der Waals surface area contributed by atoms with Crippen LogP contribution in [0.3, 0.4) is 0 Å². The van der Waals surface area contributed by atoms with E-state index >= 15 is 0 Å². The molecule has 0 amide bonds. The van der Waals surface area contributed by atoms with Gasteiger partial charge in [-0.25, -0.2) is 17.6 Å². The highest BCUT2D eigenvalue weighted by Gasteiger charge is 2.22. The van der Waals surface area contributed by atoms with Crippen LogP contribution < -0.4 is 4.72 Å². The Bertz CT molecular complexity index is 770. The van der Waals surface area contributed by atoms with Crippen molar-refractivity contribution in [3.8, 4) is 0 Å². The summed E-state index contributed by atoms with van der Waals surface area (Å²) in [6, 6.07) is 0.803. The van der Waals surface area contributed by atoms with E-state index in [-0.39, 0.29) is 15.5 Å². The molecule has 0 bridgehead atoms. The molecule has 106 valence electrons. The second-order valence-corrected chi connectivity index (χ2v) is 6.43. The van der Waals surface area contributed by atoms with E-state index in [2.05, 4.69) is 9.71 Å². The van der Waals surface area contributed by atoms with Crippen LogP contribution in [0.25, 0.3) is 0 Å². The van der Waals surface area contributed by atoms with Gasteiger partial charge in [0.15, 0.2) is 0 Å². The van der Waals surface area contributed by atoms with Gasteiger partial charge in [-0.2, -0.15) is 0 Å². The number of aryl methyl sites for hydroxylation is 1. The number of nitrogens with zero attached hydrogens (tertiary/aromatic N) is 1. The average Bonchev–Trinajstić information content (AvgIpc) is 2.71. The maximum atomic E-state index is 13.0. The van der Waals surface area contributed by atoms with Gasteiger partial charge < -0.3 is 5.11 Å². The van der Waals surface area contributed by atoms with Crippen LogP contribution in [0, 0.1) is 12.7 Å². The molecule has 6 nitrogen and oxygen atoms in total. The number of carboxylic acids is 1. The number of carboxylic acid groups (broad SMARTS) is 1. The van der Waals surface area contributed by atoms with E-state index in [1.165, 1.54) is 5.38 Å². The average molecular weight is 316 g/mol. The number of rotatable bonds is 4. The number of aromatic nitrogens is 1. The normalized spacial score (nSPS) is 11.3. The third-order valence-corrected chi connectivity index (χ3v) is 4.80. The van der Waals surface area contributed by atoms with E-state index in [4.69, 9.17) is 5.11 Å². The van der Waals surface area contributed by atoms with Crippen molar-refractivity contribution in [2.24, 2.45) is 0 Å². The lowest BCUT2D eigenvalue weighted by Gasteiger charge is -2.08.